The lowest BCUT2D eigenvalue weighted by molar-refractivity contribution is 0.0971. The molecule has 2 heterocycles. The number of hydrogen-bond donors (Lipinski definition) is 0. The van der Waals surface area contributed by atoms with Gasteiger partial charge < -0.3 is 9.15 Å². The van der Waals surface area contributed by atoms with Crippen LogP contribution in [0.4, 0.5) is 5.69 Å². The van der Waals surface area contributed by atoms with Gasteiger partial charge >= 0.3 is 0 Å². The molecule has 0 saturated carbocycles. The standard InChI is InChI=1S/C24H16ClNO4/c1-29-17-12-10-16(11-13-17)26-21(14-6-8-15(25)9-7-14)20-22(27)18-4-2-3-5-19(18)30-23(20)24(26)28/h2-13,21H,1H3/t21-/m1/s1. The number of ether oxygens (including phenoxy) is 1. The third-order valence-electron chi connectivity index (χ3n) is 5.31. The molecule has 4 aromatic rings. The average Bonchev–Trinajstić information content (AvgIpc) is 3.07. The van der Waals surface area contributed by atoms with Crippen molar-refractivity contribution in [2.75, 3.05) is 12.0 Å². The number of carbonyl (C=O) groups excluding carboxylic acids is 1. The van der Waals surface area contributed by atoms with Crippen LogP contribution in [0.2, 0.25) is 5.02 Å². The molecule has 0 unspecified atom stereocenters. The van der Waals surface area contributed by atoms with E-state index in [9.17, 15) is 9.59 Å². The molecule has 1 atom stereocenters. The molecule has 1 aliphatic heterocycles. The second-order valence-corrected chi connectivity index (χ2v) is 7.43. The van der Waals surface area contributed by atoms with Gasteiger partial charge in [-0.3, -0.25) is 14.5 Å². The maximum absolute atomic E-state index is 13.4. The van der Waals surface area contributed by atoms with E-state index in [0.717, 1.165) is 5.56 Å². The number of rotatable bonds is 3. The maximum Gasteiger partial charge on any atom is 0.295 e. The molecular formula is C24H16ClNO4. The van der Waals surface area contributed by atoms with Crippen molar-refractivity contribution in [3.05, 3.63) is 105 Å². The van der Waals surface area contributed by atoms with Gasteiger partial charge in [0.05, 0.1) is 24.1 Å². The monoisotopic (exact) mass is 417 g/mol. The van der Waals surface area contributed by atoms with Crippen molar-refractivity contribution in [1.82, 2.24) is 0 Å². The topological polar surface area (TPSA) is 59.8 Å². The molecule has 1 aromatic heterocycles. The largest absolute Gasteiger partial charge is 0.497 e. The minimum absolute atomic E-state index is 0.0643. The zero-order chi connectivity index (χ0) is 20.8. The molecule has 0 bridgehead atoms. The summed E-state index contributed by atoms with van der Waals surface area (Å²) >= 11 is 6.07. The van der Waals surface area contributed by atoms with Crippen LogP contribution < -0.4 is 15.1 Å². The van der Waals surface area contributed by atoms with Crippen LogP contribution in [-0.4, -0.2) is 13.0 Å². The van der Waals surface area contributed by atoms with Crippen molar-refractivity contribution < 1.29 is 13.9 Å². The SMILES string of the molecule is COc1ccc(N2C(=O)c3oc4ccccc4c(=O)c3[C@H]2c2ccc(Cl)cc2)cc1. The lowest BCUT2D eigenvalue weighted by Gasteiger charge is -2.25. The van der Waals surface area contributed by atoms with Gasteiger partial charge in [-0.15, -0.1) is 0 Å². The average molecular weight is 418 g/mol. The summed E-state index contributed by atoms with van der Waals surface area (Å²) in [5.41, 5.74) is 1.91. The summed E-state index contributed by atoms with van der Waals surface area (Å²) in [6.45, 7) is 0. The first-order valence-corrected chi connectivity index (χ1v) is 9.75. The Bertz CT molecular complexity index is 1330. The van der Waals surface area contributed by atoms with Gasteiger partial charge in [-0.25, -0.2) is 0 Å². The fourth-order valence-electron chi connectivity index (χ4n) is 3.89. The third kappa shape index (κ3) is 2.78. The quantitative estimate of drug-likeness (QED) is 0.459. The van der Waals surface area contributed by atoms with Crippen LogP contribution >= 0.6 is 11.6 Å². The van der Waals surface area contributed by atoms with Gasteiger partial charge in [0, 0.05) is 10.7 Å². The second-order valence-electron chi connectivity index (χ2n) is 7.00. The maximum atomic E-state index is 13.4. The number of anilines is 1. The molecule has 0 spiro atoms. The van der Waals surface area contributed by atoms with Crippen LogP contribution in [0.25, 0.3) is 11.0 Å². The van der Waals surface area contributed by atoms with E-state index < -0.39 is 6.04 Å². The smallest absolute Gasteiger partial charge is 0.295 e. The van der Waals surface area contributed by atoms with Gasteiger partial charge in [-0.1, -0.05) is 35.9 Å². The highest BCUT2D eigenvalue weighted by Crippen LogP contribution is 2.41. The second kappa shape index (κ2) is 7.04. The van der Waals surface area contributed by atoms with Crippen LogP contribution in [-0.2, 0) is 0 Å². The molecular weight excluding hydrogens is 402 g/mol. The molecule has 0 fully saturated rings. The molecule has 1 amide bonds. The number of carbonyl (C=O) groups is 1. The molecule has 3 aromatic carbocycles. The Morgan fingerprint density at radius 2 is 1.63 bits per heavy atom. The summed E-state index contributed by atoms with van der Waals surface area (Å²) in [5, 5.41) is 1.02. The van der Waals surface area contributed by atoms with E-state index >= 15 is 0 Å². The number of amides is 1. The highest BCUT2D eigenvalue weighted by atomic mass is 35.5. The predicted molar refractivity (Wildman–Crippen MR) is 116 cm³/mol. The first kappa shape index (κ1) is 18.5. The summed E-state index contributed by atoms with van der Waals surface area (Å²) in [5.74, 6) is 0.373. The Balaban J connectivity index is 1.78. The first-order chi connectivity index (χ1) is 14.6. The molecule has 0 radical (unpaired) electrons. The van der Waals surface area contributed by atoms with E-state index in [0.29, 0.717) is 33.0 Å². The van der Waals surface area contributed by atoms with Gasteiger partial charge in [0.25, 0.3) is 5.91 Å². The van der Waals surface area contributed by atoms with Crippen LogP contribution in [0.3, 0.4) is 0 Å². The number of para-hydroxylation sites is 1. The number of halogens is 1. The van der Waals surface area contributed by atoms with Crippen molar-refractivity contribution in [2.24, 2.45) is 0 Å². The zero-order valence-electron chi connectivity index (χ0n) is 16.0. The number of methoxy groups -OCH3 is 1. The highest BCUT2D eigenvalue weighted by molar-refractivity contribution is 6.30. The number of nitrogens with zero attached hydrogens (tertiary/aromatic N) is 1. The van der Waals surface area contributed by atoms with Crippen LogP contribution in [0.15, 0.2) is 82.0 Å². The highest BCUT2D eigenvalue weighted by Gasteiger charge is 2.43. The minimum Gasteiger partial charge on any atom is -0.497 e. The van der Waals surface area contributed by atoms with E-state index in [1.807, 2.05) is 12.1 Å². The van der Waals surface area contributed by atoms with Crippen LogP contribution in [0.5, 0.6) is 5.75 Å². The summed E-state index contributed by atoms with van der Waals surface area (Å²) in [6.07, 6.45) is 0. The molecule has 1 aliphatic rings. The Morgan fingerprint density at radius 3 is 2.33 bits per heavy atom. The Kier molecular flexibility index (Phi) is 4.33. The number of benzene rings is 3. The van der Waals surface area contributed by atoms with Gasteiger partial charge in [0.1, 0.15) is 11.3 Å². The molecule has 0 saturated heterocycles. The molecule has 0 aliphatic carbocycles. The van der Waals surface area contributed by atoms with Crippen molar-refractivity contribution in [3.63, 3.8) is 0 Å². The fourth-order valence-corrected chi connectivity index (χ4v) is 4.02. The van der Waals surface area contributed by atoms with Crippen molar-refractivity contribution in [3.8, 4) is 5.75 Å². The molecule has 30 heavy (non-hydrogen) atoms. The molecule has 0 N–H and O–H groups in total. The first-order valence-electron chi connectivity index (χ1n) is 9.37. The minimum atomic E-state index is -0.626. The number of fused-ring (bicyclic) bond motifs is 2. The van der Waals surface area contributed by atoms with E-state index in [1.165, 1.54) is 0 Å². The predicted octanol–water partition coefficient (Wildman–Crippen LogP) is 5.20. The lowest BCUT2D eigenvalue weighted by atomic mass is 9.98. The Hall–Kier alpha value is -3.57. The normalized spacial score (nSPS) is 15.5. The van der Waals surface area contributed by atoms with E-state index in [2.05, 4.69) is 0 Å². The van der Waals surface area contributed by atoms with Gasteiger partial charge in [0.2, 0.25) is 5.76 Å². The van der Waals surface area contributed by atoms with Crippen molar-refractivity contribution in [2.45, 2.75) is 6.04 Å². The molecule has 5 nitrogen and oxygen atoms in total. The number of hydrogen-bond acceptors (Lipinski definition) is 4. The van der Waals surface area contributed by atoms with Gasteiger partial charge in [-0.2, -0.15) is 0 Å². The van der Waals surface area contributed by atoms with Crippen LogP contribution in [0, 0.1) is 0 Å². The molecule has 6 heteroatoms. The van der Waals surface area contributed by atoms with Gasteiger partial charge in [-0.05, 0) is 54.1 Å². The summed E-state index contributed by atoms with van der Waals surface area (Å²) in [7, 11) is 1.58. The molecule has 5 rings (SSSR count). The summed E-state index contributed by atoms with van der Waals surface area (Å²) in [4.78, 5) is 28.4. The van der Waals surface area contributed by atoms with E-state index in [-0.39, 0.29) is 17.1 Å². The fraction of sp³-hybridized carbons (Fsp3) is 0.0833. The Labute approximate surface area is 177 Å². The molecule has 148 valence electrons. The van der Waals surface area contributed by atoms with E-state index in [4.69, 9.17) is 20.8 Å². The van der Waals surface area contributed by atoms with Gasteiger partial charge in [0.15, 0.2) is 5.43 Å². The third-order valence-corrected chi connectivity index (χ3v) is 5.57. The van der Waals surface area contributed by atoms with Crippen LogP contribution in [0.1, 0.15) is 27.7 Å². The summed E-state index contributed by atoms with van der Waals surface area (Å²) < 4.78 is 11.2. The summed E-state index contributed by atoms with van der Waals surface area (Å²) in [6, 6.07) is 20.6. The van der Waals surface area contributed by atoms with Crippen molar-refractivity contribution in [1.29, 1.82) is 0 Å². The van der Waals surface area contributed by atoms with Crippen molar-refractivity contribution >= 4 is 34.2 Å². The lowest BCUT2D eigenvalue weighted by Crippen LogP contribution is -2.29. The Morgan fingerprint density at radius 1 is 0.933 bits per heavy atom. The zero-order valence-corrected chi connectivity index (χ0v) is 16.7. The van der Waals surface area contributed by atoms with E-state index in [1.54, 1.807) is 72.7 Å².